The first-order valence-electron chi connectivity index (χ1n) is 8.88. The number of anilines is 1. The molecule has 0 radical (unpaired) electrons. The van der Waals surface area contributed by atoms with E-state index in [-0.39, 0.29) is 24.6 Å². The van der Waals surface area contributed by atoms with Crippen LogP contribution in [-0.4, -0.2) is 50.6 Å². The largest absolute Gasteiger partial charge is 0.497 e. The molecule has 1 fully saturated rings. The molecule has 1 saturated heterocycles. The Morgan fingerprint density at radius 3 is 2.41 bits per heavy atom. The van der Waals surface area contributed by atoms with Crippen LogP contribution < -0.4 is 15.0 Å². The number of carbonyl (C=O) groups excluding carboxylic acids is 1. The summed E-state index contributed by atoms with van der Waals surface area (Å²) < 4.78 is 32.5. The highest BCUT2D eigenvalue weighted by atomic mass is 19.1. The highest BCUT2D eigenvalue weighted by molar-refractivity contribution is 5.78. The second-order valence-corrected chi connectivity index (χ2v) is 6.44. The third-order valence-corrected chi connectivity index (χ3v) is 4.68. The van der Waals surface area contributed by atoms with Gasteiger partial charge in [0.1, 0.15) is 17.4 Å². The van der Waals surface area contributed by atoms with E-state index in [1.807, 2.05) is 29.2 Å². The van der Waals surface area contributed by atoms with Gasteiger partial charge in [-0.1, -0.05) is 12.1 Å². The lowest BCUT2D eigenvalue weighted by Crippen LogP contribution is -2.49. The van der Waals surface area contributed by atoms with Crippen molar-refractivity contribution in [2.24, 2.45) is 0 Å². The number of hydrogen-bond acceptors (Lipinski definition) is 4. The van der Waals surface area contributed by atoms with Gasteiger partial charge in [0, 0.05) is 50.0 Å². The molecule has 0 bridgehead atoms. The number of amides is 1. The van der Waals surface area contributed by atoms with Crippen LogP contribution in [0.4, 0.5) is 14.5 Å². The predicted octanol–water partition coefficient (Wildman–Crippen LogP) is 2.41. The maximum absolute atomic E-state index is 13.6. The van der Waals surface area contributed by atoms with Crippen molar-refractivity contribution in [1.29, 1.82) is 0 Å². The number of ether oxygens (including phenoxy) is 1. The molecule has 144 valence electrons. The molecule has 3 rings (SSSR count). The summed E-state index contributed by atoms with van der Waals surface area (Å²) in [6.07, 6.45) is 0. The Bertz CT molecular complexity index is 772. The first kappa shape index (κ1) is 19.1. The van der Waals surface area contributed by atoms with E-state index in [0.717, 1.165) is 37.6 Å². The van der Waals surface area contributed by atoms with Crippen LogP contribution in [0.2, 0.25) is 0 Å². The zero-order valence-corrected chi connectivity index (χ0v) is 15.3. The van der Waals surface area contributed by atoms with Gasteiger partial charge in [0.2, 0.25) is 5.91 Å². The summed E-state index contributed by atoms with van der Waals surface area (Å²) in [5.74, 6) is -0.730. The molecule has 1 aliphatic rings. The quantitative estimate of drug-likeness (QED) is 0.842. The standard InChI is InChI=1S/C20H23F2N3O2/c1-27-16-5-2-4-15(12-16)25-10-8-24(9-11-25)14-20(26)23-13-17-18(21)6-3-7-19(17)22/h2-7,12H,8-11,13-14H2,1H3,(H,23,26). The van der Waals surface area contributed by atoms with Crippen LogP contribution in [-0.2, 0) is 11.3 Å². The molecular formula is C20H23F2N3O2. The highest BCUT2D eigenvalue weighted by Gasteiger charge is 2.20. The van der Waals surface area contributed by atoms with E-state index in [2.05, 4.69) is 10.2 Å². The van der Waals surface area contributed by atoms with Crippen molar-refractivity contribution in [3.63, 3.8) is 0 Å². The molecule has 0 spiro atoms. The van der Waals surface area contributed by atoms with Gasteiger partial charge in [0.05, 0.1) is 13.7 Å². The summed E-state index contributed by atoms with van der Waals surface area (Å²) >= 11 is 0. The SMILES string of the molecule is COc1cccc(N2CCN(CC(=O)NCc3c(F)cccc3F)CC2)c1. The van der Waals surface area contributed by atoms with E-state index in [0.29, 0.717) is 0 Å². The fourth-order valence-electron chi connectivity index (χ4n) is 3.12. The van der Waals surface area contributed by atoms with Crippen molar-refractivity contribution in [2.75, 3.05) is 44.7 Å². The van der Waals surface area contributed by atoms with Crippen molar-refractivity contribution in [1.82, 2.24) is 10.2 Å². The molecule has 0 aromatic heterocycles. The number of benzene rings is 2. The normalized spacial score (nSPS) is 14.9. The Balaban J connectivity index is 1.46. The van der Waals surface area contributed by atoms with Crippen molar-refractivity contribution in [2.45, 2.75) is 6.54 Å². The van der Waals surface area contributed by atoms with E-state index in [1.165, 1.54) is 18.2 Å². The number of rotatable bonds is 6. The van der Waals surface area contributed by atoms with Gasteiger partial charge in [-0.25, -0.2) is 8.78 Å². The van der Waals surface area contributed by atoms with Crippen LogP contribution in [0.5, 0.6) is 5.75 Å². The predicted molar refractivity (Wildman–Crippen MR) is 99.9 cm³/mol. The third-order valence-electron chi connectivity index (χ3n) is 4.68. The Morgan fingerprint density at radius 2 is 1.74 bits per heavy atom. The average Bonchev–Trinajstić information content (AvgIpc) is 2.68. The average molecular weight is 375 g/mol. The molecule has 1 heterocycles. The van der Waals surface area contributed by atoms with Crippen LogP contribution in [0.1, 0.15) is 5.56 Å². The maximum Gasteiger partial charge on any atom is 0.234 e. The maximum atomic E-state index is 13.6. The molecule has 7 heteroatoms. The molecule has 0 unspecified atom stereocenters. The number of nitrogens with one attached hydrogen (secondary N) is 1. The molecular weight excluding hydrogens is 352 g/mol. The summed E-state index contributed by atoms with van der Waals surface area (Å²) in [4.78, 5) is 16.4. The Labute approximate surface area is 157 Å². The summed E-state index contributed by atoms with van der Waals surface area (Å²) in [6, 6.07) is 11.6. The molecule has 27 heavy (non-hydrogen) atoms. The number of carbonyl (C=O) groups is 1. The van der Waals surface area contributed by atoms with E-state index < -0.39 is 11.6 Å². The molecule has 0 atom stereocenters. The summed E-state index contributed by atoms with van der Waals surface area (Å²) in [5.41, 5.74) is 0.974. The topological polar surface area (TPSA) is 44.8 Å². The second kappa shape index (κ2) is 8.81. The lowest BCUT2D eigenvalue weighted by atomic mass is 10.2. The Morgan fingerprint density at radius 1 is 1.07 bits per heavy atom. The minimum Gasteiger partial charge on any atom is -0.497 e. The van der Waals surface area contributed by atoms with Gasteiger partial charge in [-0.15, -0.1) is 0 Å². The Kier molecular flexibility index (Phi) is 6.24. The van der Waals surface area contributed by atoms with Crippen molar-refractivity contribution >= 4 is 11.6 Å². The molecule has 1 aliphatic heterocycles. The van der Waals surface area contributed by atoms with Gasteiger partial charge < -0.3 is 15.0 Å². The van der Waals surface area contributed by atoms with Crippen LogP contribution >= 0.6 is 0 Å². The second-order valence-electron chi connectivity index (χ2n) is 6.44. The van der Waals surface area contributed by atoms with E-state index >= 15 is 0 Å². The fraction of sp³-hybridized carbons (Fsp3) is 0.350. The number of nitrogens with zero attached hydrogens (tertiary/aromatic N) is 2. The molecule has 5 nitrogen and oxygen atoms in total. The lowest BCUT2D eigenvalue weighted by Gasteiger charge is -2.35. The van der Waals surface area contributed by atoms with Gasteiger partial charge >= 0.3 is 0 Å². The van der Waals surface area contributed by atoms with E-state index in [4.69, 9.17) is 4.74 Å². The third kappa shape index (κ3) is 4.95. The van der Waals surface area contributed by atoms with Crippen molar-refractivity contribution < 1.29 is 18.3 Å². The number of hydrogen-bond donors (Lipinski definition) is 1. The molecule has 2 aromatic rings. The molecule has 1 amide bonds. The fourth-order valence-corrected chi connectivity index (χ4v) is 3.12. The van der Waals surface area contributed by atoms with E-state index in [9.17, 15) is 13.6 Å². The zero-order valence-electron chi connectivity index (χ0n) is 15.3. The van der Waals surface area contributed by atoms with Crippen molar-refractivity contribution in [3.05, 3.63) is 59.7 Å². The number of halogens is 2. The van der Waals surface area contributed by atoms with Crippen LogP contribution in [0.25, 0.3) is 0 Å². The first-order valence-corrected chi connectivity index (χ1v) is 8.88. The van der Waals surface area contributed by atoms with Gasteiger partial charge in [0.15, 0.2) is 0 Å². The number of piperazine rings is 1. The molecule has 1 N–H and O–H groups in total. The van der Waals surface area contributed by atoms with Gasteiger partial charge in [-0.3, -0.25) is 9.69 Å². The monoisotopic (exact) mass is 375 g/mol. The Hall–Kier alpha value is -2.67. The summed E-state index contributed by atoms with van der Waals surface area (Å²) in [7, 11) is 1.64. The highest BCUT2D eigenvalue weighted by Crippen LogP contribution is 2.22. The van der Waals surface area contributed by atoms with E-state index in [1.54, 1.807) is 7.11 Å². The van der Waals surface area contributed by atoms with Gasteiger partial charge in [-0.05, 0) is 24.3 Å². The minimum atomic E-state index is -0.651. The molecule has 0 aliphatic carbocycles. The first-order chi connectivity index (χ1) is 13.1. The van der Waals surface area contributed by atoms with Crippen LogP contribution in [0.3, 0.4) is 0 Å². The van der Waals surface area contributed by atoms with Crippen LogP contribution in [0.15, 0.2) is 42.5 Å². The van der Waals surface area contributed by atoms with Gasteiger partial charge in [-0.2, -0.15) is 0 Å². The summed E-state index contributed by atoms with van der Waals surface area (Å²) in [5, 5.41) is 2.60. The number of methoxy groups -OCH3 is 1. The van der Waals surface area contributed by atoms with Crippen LogP contribution in [0, 0.1) is 11.6 Å². The molecule has 2 aromatic carbocycles. The smallest absolute Gasteiger partial charge is 0.234 e. The molecule has 0 saturated carbocycles. The van der Waals surface area contributed by atoms with Gasteiger partial charge in [0.25, 0.3) is 0 Å². The summed E-state index contributed by atoms with van der Waals surface area (Å²) in [6.45, 7) is 3.12. The lowest BCUT2D eigenvalue weighted by molar-refractivity contribution is -0.122. The van der Waals surface area contributed by atoms with Crippen molar-refractivity contribution in [3.8, 4) is 5.75 Å². The minimum absolute atomic E-state index is 0.117. The zero-order chi connectivity index (χ0) is 19.2.